The minimum atomic E-state index is 0.781. The number of hydrogen-bond acceptors (Lipinski definition) is 4. The van der Waals surface area contributed by atoms with Crippen molar-refractivity contribution in [2.75, 3.05) is 27.2 Å². The van der Waals surface area contributed by atoms with Gasteiger partial charge in [-0.3, -0.25) is 0 Å². The van der Waals surface area contributed by atoms with Gasteiger partial charge >= 0.3 is 0 Å². The molecule has 56 valence electrons. The second-order valence-corrected chi connectivity index (χ2v) is 2.68. The third-order valence-electron chi connectivity index (χ3n) is 1.04. The molecule has 0 spiro atoms. The van der Waals surface area contributed by atoms with E-state index in [0.29, 0.717) is 0 Å². The van der Waals surface area contributed by atoms with Crippen molar-refractivity contribution in [3.05, 3.63) is 0 Å². The average Bonchev–Trinajstić information content (AvgIpc) is 1.89. The van der Waals surface area contributed by atoms with Gasteiger partial charge in [0.15, 0.2) is 0 Å². The third kappa shape index (κ3) is 6.11. The van der Waals surface area contributed by atoms with Crippen LogP contribution in [0.4, 0.5) is 0 Å². The smallest absolute Gasteiger partial charge is 0.0787 e. The van der Waals surface area contributed by atoms with Crippen LogP contribution in [0, 0.1) is 0 Å². The predicted octanol–water partition coefficient (Wildman–Crippen LogP) is 0.649. The van der Waals surface area contributed by atoms with Crippen molar-refractivity contribution in [1.82, 2.24) is 9.62 Å². The monoisotopic (exact) mass is 150 g/mol. The van der Waals surface area contributed by atoms with Gasteiger partial charge in [0.25, 0.3) is 0 Å². The lowest BCUT2D eigenvalue weighted by atomic mass is 10.4. The van der Waals surface area contributed by atoms with Crippen LogP contribution in [0.3, 0.4) is 0 Å². The Hall–Kier alpha value is 0.230. The van der Waals surface area contributed by atoms with Crippen LogP contribution in [0.1, 0.15) is 6.42 Å². The van der Waals surface area contributed by atoms with E-state index in [1.807, 2.05) is 14.1 Å². The van der Waals surface area contributed by atoms with Crippen LogP contribution >= 0.6 is 12.2 Å². The van der Waals surface area contributed by atoms with Crippen LogP contribution in [0.25, 0.3) is 0 Å². The number of nitrogens with one attached hydrogen (secondary N) is 1. The lowest BCUT2D eigenvalue weighted by Crippen LogP contribution is -2.16. The van der Waals surface area contributed by atoms with Gasteiger partial charge in [-0.2, -0.15) is 0 Å². The quantitative estimate of drug-likeness (QED) is 0.343. The summed E-state index contributed by atoms with van der Waals surface area (Å²) in [6.45, 7) is 1.92. The summed E-state index contributed by atoms with van der Waals surface area (Å²) in [5, 5.41) is 3.03. The largest absolute Gasteiger partial charge is 0.320 e. The minimum absolute atomic E-state index is 0.781. The first-order valence-corrected chi connectivity index (χ1v) is 3.71. The molecule has 0 rings (SSSR count). The van der Waals surface area contributed by atoms with Crippen LogP contribution in [0.2, 0.25) is 0 Å². The standard InChI is InChI=1S/C5H14N2OS/c1-6-4-3-5-7(2)9-8/h6,8H,3-5H2,1-2H3. The van der Waals surface area contributed by atoms with Crippen LogP contribution in [0.5, 0.6) is 0 Å². The van der Waals surface area contributed by atoms with E-state index in [0.717, 1.165) is 31.7 Å². The molecule has 0 aromatic heterocycles. The Bertz CT molecular complexity index is 62.9. The summed E-state index contributed by atoms with van der Waals surface area (Å²) in [7, 11) is 3.78. The maximum atomic E-state index is 8.46. The molecule has 3 nitrogen and oxygen atoms in total. The molecule has 0 aromatic carbocycles. The Morgan fingerprint density at radius 2 is 2.33 bits per heavy atom. The second kappa shape index (κ2) is 6.35. The first kappa shape index (κ1) is 9.23. The van der Waals surface area contributed by atoms with Gasteiger partial charge in [0, 0.05) is 6.54 Å². The zero-order valence-electron chi connectivity index (χ0n) is 5.92. The van der Waals surface area contributed by atoms with Gasteiger partial charge in [0.2, 0.25) is 0 Å². The van der Waals surface area contributed by atoms with Crippen molar-refractivity contribution in [1.29, 1.82) is 0 Å². The maximum Gasteiger partial charge on any atom is 0.0787 e. The topological polar surface area (TPSA) is 35.5 Å². The van der Waals surface area contributed by atoms with E-state index in [-0.39, 0.29) is 0 Å². The molecule has 0 radical (unpaired) electrons. The summed E-state index contributed by atoms with van der Waals surface area (Å²) in [4.78, 5) is 0. The predicted molar refractivity (Wildman–Crippen MR) is 41.4 cm³/mol. The Labute approximate surface area is 60.8 Å². The van der Waals surface area contributed by atoms with Crippen molar-refractivity contribution < 1.29 is 4.55 Å². The second-order valence-electron chi connectivity index (χ2n) is 1.89. The zero-order valence-corrected chi connectivity index (χ0v) is 6.74. The Morgan fingerprint density at radius 3 is 2.78 bits per heavy atom. The summed E-state index contributed by atoms with van der Waals surface area (Å²) in [6, 6.07) is 0. The molecule has 0 saturated heterocycles. The summed E-state index contributed by atoms with van der Waals surface area (Å²) < 4.78 is 10.2. The van der Waals surface area contributed by atoms with Gasteiger partial charge in [-0.25, -0.2) is 4.31 Å². The number of hydrogen-bond donors (Lipinski definition) is 2. The van der Waals surface area contributed by atoms with Crippen LogP contribution in [-0.2, 0) is 0 Å². The molecule has 0 aliphatic carbocycles. The van der Waals surface area contributed by atoms with Crippen molar-refractivity contribution in [2.45, 2.75) is 6.42 Å². The molecule has 0 atom stereocenters. The van der Waals surface area contributed by atoms with E-state index in [1.54, 1.807) is 4.31 Å². The molecule has 0 amide bonds. The molecule has 0 aliphatic heterocycles. The van der Waals surface area contributed by atoms with E-state index in [1.165, 1.54) is 0 Å². The lowest BCUT2D eigenvalue weighted by Gasteiger charge is -2.09. The summed E-state index contributed by atoms with van der Waals surface area (Å²) in [5.41, 5.74) is 0. The fourth-order valence-electron chi connectivity index (χ4n) is 0.519. The van der Waals surface area contributed by atoms with E-state index in [2.05, 4.69) is 5.32 Å². The minimum Gasteiger partial charge on any atom is -0.320 e. The van der Waals surface area contributed by atoms with Gasteiger partial charge in [-0.05, 0) is 27.1 Å². The van der Waals surface area contributed by atoms with E-state index >= 15 is 0 Å². The highest BCUT2D eigenvalue weighted by atomic mass is 32.2. The molecular formula is C5H14N2OS. The number of nitrogens with zero attached hydrogens (tertiary/aromatic N) is 1. The molecule has 0 bridgehead atoms. The van der Waals surface area contributed by atoms with Crippen molar-refractivity contribution >= 4 is 12.2 Å². The highest BCUT2D eigenvalue weighted by Gasteiger charge is 1.93. The fraction of sp³-hybridized carbons (Fsp3) is 1.00. The first-order valence-electron chi connectivity index (χ1n) is 2.98. The molecule has 0 saturated carbocycles. The molecule has 0 heterocycles. The molecule has 9 heavy (non-hydrogen) atoms. The van der Waals surface area contributed by atoms with Crippen molar-refractivity contribution in [2.24, 2.45) is 0 Å². The molecule has 0 aromatic rings. The SMILES string of the molecule is CNCCCN(C)SO. The van der Waals surface area contributed by atoms with Crippen LogP contribution in [0.15, 0.2) is 0 Å². The van der Waals surface area contributed by atoms with Crippen molar-refractivity contribution in [3.8, 4) is 0 Å². The van der Waals surface area contributed by atoms with Gasteiger partial charge in [-0.1, -0.05) is 0 Å². The molecule has 4 heteroatoms. The van der Waals surface area contributed by atoms with Crippen LogP contribution in [-0.4, -0.2) is 36.0 Å². The average molecular weight is 150 g/mol. The summed E-state index contributed by atoms with van der Waals surface area (Å²) in [6.07, 6.45) is 1.07. The third-order valence-corrected chi connectivity index (χ3v) is 1.50. The highest BCUT2D eigenvalue weighted by Crippen LogP contribution is 1.98. The van der Waals surface area contributed by atoms with Gasteiger partial charge in [0.1, 0.15) is 0 Å². The van der Waals surface area contributed by atoms with Crippen LogP contribution < -0.4 is 5.32 Å². The fourth-order valence-corrected chi connectivity index (χ4v) is 0.730. The Kier molecular flexibility index (Phi) is 6.51. The zero-order chi connectivity index (χ0) is 7.11. The lowest BCUT2D eigenvalue weighted by molar-refractivity contribution is 0.491. The molecule has 0 aliphatic rings. The molecule has 0 fully saturated rings. The molecular weight excluding hydrogens is 136 g/mol. The van der Waals surface area contributed by atoms with E-state index in [4.69, 9.17) is 4.55 Å². The van der Waals surface area contributed by atoms with Gasteiger partial charge in [0.05, 0.1) is 12.2 Å². The summed E-state index contributed by atoms with van der Waals surface area (Å²) >= 11 is 0.781. The highest BCUT2D eigenvalue weighted by molar-refractivity contribution is 7.91. The first-order chi connectivity index (χ1) is 4.31. The number of rotatable bonds is 5. The Morgan fingerprint density at radius 1 is 1.67 bits per heavy atom. The molecule has 0 unspecified atom stereocenters. The summed E-state index contributed by atoms with van der Waals surface area (Å²) in [5.74, 6) is 0. The maximum absolute atomic E-state index is 8.46. The van der Waals surface area contributed by atoms with E-state index in [9.17, 15) is 0 Å². The normalized spacial score (nSPS) is 10.7. The van der Waals surface area contributed by atoms with Gasteiger partial charge in [-0.15, -0.1) is 0 Å². The Balaban J connectivity index is 2.88. The van der Waals surface area contributed by atoms with E-state index < -0.39 is 0 Å². The van der Waals surface area contributed by atoms with Gasteiger partial charge < -0.3 is 9.87 Å². The van der Waals surface area contributed by atoms with Crippen molar-refractivity contribution in [3.63, 3.8) is 0 Å². The molecule has 2 N–H and O–H groups in total.